The van der Waals surface area contributed by atoms with E-state index in [1.807, 2.05) is 51.1 Å². The summed E-state index contributed by atoms with van der Waals surface area (Å²) in [5, 5.41) is 11.5. The molecule has 1 saturated heterocycles. The van der Waals surface area contributed by atoms with Crippen LogP contribution in [0.2, 0.25) is 0 Å². The summed E-state index contributed by atoms with van der Waals surface area (Å²) >= 11 is 0. The van der Waals surface area contributed by atoms with Gasteiger partial charge in [0.05, 0.1) is 42.6 Å². The molecule has 1 fully saturated rings. The van der Waals surface area contributed by atoms with Gasteiger partial charge in [0.15, 0.2) is 0 Å². The van der Waals surface area contributed by atoms with Crippen LogP contribution in [0.15, 0.2) is 72.4 Å². The number of hydrogen-bond donors (Lipinski definition) is 1. The van der Waals surface area contributed by atoms with Crippen molar-refractivity contribution in [2.75, 3.05) is 13.2 Å². The van der Waals surface area contributed by atoms with Crippen LogP contribution in [0.4, 0.5) is 0 Å². The third-order valence-corrected chi connectivity index (χ3v) is 5.90. The van der Waals surface area contributed by atoms with Crippen LogP contribution in [-0.2, 0) is 16.1 Å². The van der Waals surface area contributed by atoms with Gasteiger partial charge in [0, 0.05) is 12.3 Å². The molecule has 1 aromatic heterocycles. The Morgan fingerprint density at radius 2 is 1.74 bits per heavy atom. The SMILES string of the molecule is CCOc1ccc(/C(O)=C2\C(=O)C(=O)N(Cc3ccccn3)C2c2ccccc2C)c(OCC)c1. The van der Waals surface area contributed by atoms with Gasteiger partial charge in [-0.05, 0) is 56.2 Å². The number of ether oxygens (including phenoxy) is 2. The molecular formula is C28H28N2O5. The Labute approximate surface area is 204 Å². The molecule has 0 aliphatic carbocycles. The monoisotopic (exact) mass is 472 g/mol. The maximum Gasteiger partial charge on any atom is 0.296 e. The normalized spacial score (nSPS) is 17.0. The van der Waals surface area contributed by atoms with E-state index >= 15 is 0 Å². The predicted molar refractivity (Wildman–Crippen MR) is 132 cm³/mol. The van der Waals surface area contributed by atoms with E-state index in [0.717, 1.165) is 11.1 Å². The number of aryl methyl sites for hydroxylation is 1. The summed E-state index contributed by atoms with van der Waals surface area (Å²) in [6, 6.07) is 17.2. The minimum absolute atomic E-state index is 0.0188. The molecule has 0 saturated carbocycles. The molecule has 2 aromatic carbocycles. The number of carbonyl (C=O) groups excluding carboxylic acids is 2. The van der Waals surface area contributed by atoms with Gasteiger partial charge in [-0.15, -0.1) is 0 Å². The van der Waals surface area contributed by atoms with Crippen molar-refractivity contribution in [2.45, 2.75) is 33.4 Å². The lowest BCUT2D eigenvalue weighted by Gasteiger charge is -2.26. The van der Waals surface area contributed by atoms with Crippen molar-refractivity contribution in [1.82, 2.24) is 9.88 Å². The second-order valence-corrected chi connectivity index (χ2v) is 8.13. The van der Waals surface area contributed by atoms with Crippen LogP contribution in [0.3, 0.4) is 0 Å². The van der Waals surface area contributed by atoms with Gasteiger partial charge in [0.2, 0.25) is 0 Å². The standard InChI is InChI=1S/C28H28N2O5/c1-4-34-20-13-14-22(23(16-20)35-5-2)26(31)24-25(21-12-7-6-10-18(21)3)30(28(33)27(24)32)17-19-11-8-9-15-29-19/h6-16,25,31H,4-5,17H2,1-3H3/b26-24+. The van der Waals surface area contributed by atoms with Crippen LogP contribution in [0.25, 0.3) is 5.76 Å². The lowest BCUT2D eigenvalue weighted by Crippen LogP contribution is -2.29. The number of hydrogen-bond acceptors (Lipinski definition) is 6. The first-order valence-corrected chi connectivity index (χ1v) is 11.6. The zero-order valence-corrected chi connectivity index (χ0v) is 20.0. The topological polar surface area (TPSA) is 89.0 Å². The number of amides is 1. The number of aliphatic hydroxyl groups excluding tert-OH is 1. The second kappa shape index (κ2) is 10.4. The van der Waals surface area contributed by atoms with Gasteiger partial charge in [0.25, 0.3) is 11.7 Å². The molecule has 1 atom stereocenters. The van der Waals surface area contributed by atoms with Crippen LogP contribution in [0.5, 0.6) is 11.5 Å². The third-order valence-electron chi connectivity index (χ3n) is 5.90. The maximum atomic E-state index is 13.4. The van der Waals surface area contributed by atoms with Gasteiger partial charge in [-0.2, -0.15) is 0 Å². The van der Waals surface area contributed by atoms with E-state index in [9.17, 15) is 14.7 Å². The number of Topliss-reactive ketones (excluding diaryl/α,β-unsaturated/α-hetero) is 1. The van der Waals surface area contributed by atoms with Crippen LogP contribution in [0, 0.1) is 6.92 Å². The van der Waals surface area contributed by atoms with Gasteiger partial charge < -0.3 is 19.5 Å². The molecular weight excluding hydrogens is 444 g/mol. The molecule has 0 radical (unpaired) electrons. The van der Waals surface area contributed by atoms with Gasteiger partial charge in [-0.3, -0.25) is 14.6 Å². The Morgan fingerprint density at radius 3 is 2.43 bits per heavy atom. The fraction of sp³-hybridized carbons (Fsp3) is 0.250. The van der Waals surface area contributed by atoms with E-state index in [1.165, 1.54) is 4.90 Å². The van der Waals surface area contributed by atoms with Crippen molar-refractivity contribution >= 4 is 17.4 Å². The molecule has 180 valence electrons. The summed E-state index contributed by atoms with van der Waals surface area (Å²) in [6.45, 7) is 6.57. The van der Waals surface area contributed by atoms with E-state index in [2.05, 4.69) is 4.98 Å². The summed E-state index contributed by atoms with van der Waals surface area (Å²) < 4.78 is 11.3. The molecule has 1 aliphatic rings. The van der Waals surface area contributed by atoms with E-state index in [-0.39, 0.29) is 17.9 Å². The Balaban J connectivity index is 1.89. The van der Waals surface area contributed by atoms with Crippen LogP contribution in [-0.4, -0.2) is 39.9 Å². The fourth-order valence-electron chi connectivity index (χ4n) is 4.30. The number of benzene rings is 2. The molecule has 7 heteroatoms. The first-order valence-electron chi connectivity index (χ1n) is 11.6. The summed E-state index contributed by atoms with van der Waals surface area (Å²) in [5.74, 6) is -0.766. The number of ketones is 1. The second-order valence-electron chi connectivity index (χ2n) is 8.13. The molecule has 2 heterocycles. The maximum absolute atomic E-state index is 13.4. The molecule has 0 bridgehead atoms. The Morgan fingerprint density at radius 1 is 1.00 bits per heavy atom. The number of aliphatic hydroxyl groups is 1. The first-order chi connectivity index (χ1) is 17.0. The Hall–Kier alpha value is -4.13. The summed E-state index contributed by atoms with van der Waals surface area (Å²) in [5.41, 5.74) is 2.64. The number of likely N-dealkylation sites (tertiary alicyclic amines) is 1. The predicted octanol–water partition coefficient (Wildman–Crippen LogP) is 4.81. The number of pyridine rings is 1. The zero-order chi connectivity index (χ0) is 24.9. The van der Waals surface area contributed by atoms with E-state index < -0.39 is 17.7 Å². The summed E-state index contributed by atoms with van der Waals surface area (Å²) in [7, 11) is 0. The summed E-state index contributed by atoms with van der Waals surface area (Å²) in [6.07, 6.45) is 1.64. The highest BCUT2D eigenvalue weighted by molar-refractivity contribution is 6.46. The molecule has 1 aliphatic heterocycles. The van der Waals surface area contributed by atoms with Crippen molar-refractivity contribution in [1.29, 1.82) is 0 Å². The van der Waals surface area contributed by atoms with E-state index in [0.29, 0.717) is 36.0 Å². The van der Waals surface area contributed by atoms with Crippen molar-refractivity contribution in [3.05, 3.63) is 94.8 Å². The van der Waals surface area contributed by atoms with Gasteiger partial charge >= 0.3 is 0 Å². The highest BCUT2D eigenvalue weighted by atomic mass is 16.5. The Kier molecular flexibility index (Phi) is 7.15. The van der Waals surface area contributed by atoms with Gasteiger partial charge in [-0.25, -0.2) is 0 Å². The van der Waals surface area contributed by atoms with E-state index in [4.69, 9.17) is 9.47 Å². The molecule has 1 N–H and O–H groups in total. The third kappa shape index (κ3) is 4.75. The van der Waals surface area contributed by atoms with Crippen LogP contribution >= 0.6 is 0 Å². The average molecular weight is 473 g/mol. The van der Waals surface area contributed by atoms with E-state index in [1.54, 1.807) is 36.5 Å². The van der Waals surface area contributed by atoms with Gasteiger partial charge in [0.1, 0.15) is 17.3 Å². The summed E-state index contributed by atoms with van der Waals surface area (Å²) in [4.78, 5) is 32.4. The quantitative estimate of drug-likeness (QED) is 0.288. The lowest BCUT2D eigenvalue weighted by atomic mass is 9.92. The molecule has 1 amide bonds. The number of aromatic nitrogens is 1. The van der Waals surface area contributed by atoms with Crippen LogP contribution in [0.1, 0.15) is 42.3 Å². The number of carbonyl (C=O) groups is 2. The molecule has 4 rings (SSSR count). The zero-order valence-electron chi connectivity index (χ0n) is 20.0. The smallest absolute Gasteiger partial charge is 0.296 e. The largest absolute Gasteiger partial charge is 0.507 e. The molecule has 35 heavy (non-hydrogen) atoms. The number of nitrogens with zero attached hydrogens (tertiary/aromatic N) is 2. The van der Waals surface area contributed by atoms with Gasteiger partial charge in [-0.1, -0.05) is 30.3 Å². The van der Waals surface area contributed by atoms with Crippen molar-refractivity contribution in [2.24, 2.45) is 0 Å². The fourth-order valence-corrected chi connectivity index (χ4v) is 4.30. The van der Waals surface area contributed by atoms with Crippen molar-refractivity contribution in [3.63, 3.8) is 0 Å². The first kappa shape index (κ1) is 24.0. The lowest BCUT2D eigenvalue weighted by molar-refractivity contribution is -0.140. The highest BCUT2D eigenvalue weighted by Gasteiger charge is 2.46. The minimum Gasteiger partial charge on any atom is -0.507 e. The molecule has 1 unspecified atom stereocenters. The molecule has 0 spiro atoms. The molecule has 3 aromatic rings. The highest BCUT2D eigenvalue weighted by Crippen LogP contribution is 2.43. The van der Waals surface area contributed by atoms with Crippen molar-refractivity contribution < 1.29 is 24.2 Å². The average Bonchev–Trinajstić information content (AvgIpc) is 3.10. The van der Waals surface area contributed by atoms with Crippen LogP contribution < -0.4 is 9.47 Å². The van der Waals surface area contributed by atoms with Crippen molar-refractivity contribution in [3.8, 4) is 11.5 Å². The Bertz CT molecular complexity index is 1270. The molecule has 7 nitrogen and oxygen atoms in total. The number of rotatable bonds is 8. The minimum atomic E-state index is -0.778.